The Labute approximate surface area is 158 Å². The predicted molar refractivity (Wildman–Crippen MR) is 105 cm³/mol. The third-order valence-electron chi connectivity index (χ3n) is 4.52. The summed E-state index contributed by atoms with van der Waals surface area (Å²) in [5, 5.41) is 6.06. The van der Waals surface area contributed by atoms with Crippen molar-refractivity contribution in [2.45, 2.75) is 32.4 Å². The molecule has 0 spiro atoms. The van der Waals surface area contributed by atoms with Gasteiger partial charge >= 0.3 is 0 Å². The number of carbonyl (C=O) groups is 1. The third kappa shape index (κ3) is 5.41. The molecule has 0 atom stereocenters. The van der Waals surface area contributed by atoms with Crippen molar-refractivity contribution in [3.05, 3.63) is 52.0 Å². The second kappa shape index (κ2) is 8.96. The van der Waals surface area contributed by atoms with Gasteiger partial charge in [0.2, 0.25) is 5.91 Å². The van der Waals surface area contributed by atoms with Gasteiger partial charge in [0.05, 0.1) is 17.8 Å². The van der Waals surface area contributed by atoms with Gasteiger partial charge in [-0.05, 0) is 43.5 Å². The van der Waals surface area contributed by atoms with Gasteiger partial charge in [0, 0.05) is 37.1 Å². The highest BCUT2D eigenvalue weighted by atomic mass is 32.1. The van der Waals surface area contributed by atoms with Crippen LogP contribution in [-0.2, 0) is 11.3 Å². The van der Waals surface area contributed by atoms with Gasteiger partial charge in [0.15, 0.2) is 0 Å². The molecule has 1 amide bonds. The van der Waals surface area contributed by atoms with Crippen molar-refractivity contribution in [1.82, 2.24) is 15.2 Å². The van der Waals surface area contributed by atoms with Crippen LogP contribution in [0.4, 0.5) is 0 Å². The number of thiazole rings is 1. The number of carbonyl (C=O) groups excluding carboxylic acids is 1. The van der Waals surface area contributed by atoms with Crippen molar-refractivity contribution >= 4 is 23.3 Å². The van der Waals surface area contributed by atoms with E-state index in [9.17, 15) is 4.79 Å². The summed E-state index contributed by atoms with van der Waals surface area (Å²) < 4.78 is 5.28. The summed E-state index contributed by atoms with van der Waals surface area (Å²) in [6.45, 7) is 4.84. The first-order valence-electron chi connectivity index (χ1n) is 8.88. The van der Waals surface area contributed by atoms with E-state index in [4.69, 9.17) is 4.74 Å². The minimum atomic E-state index is -0.0399. The van der Waals surface area contributed by atoms with E-state index >= 15 is 0 Å². The van der Waals surface area contributed by atoms with E-state index in [1.54, 1.807) is 30.6 Å². The number of aryl methyl sites for hydroxylation is 1. The van der Waals surface area contributed by atoms with E-state index in [2.05, 4.69) is 27.3 Å². The zero-order valence-corrected chi connectivity index (χ0v) is 16.1. The lowest BCUT2D eigenvalue weighted by atomic mass is 10.0. The van der Waals surface area contributed by atoms with Gasteiger partial charge in [-0.15, -0.1) is 11.3 Å². The largest absolute Gasteiger partial charge is 0.497 e. The van der Waals surface area contributed by atoms with E-state index < -0.39 is 0 Å². The average molecular weight is 372 g/mol. The molecule has 0 unspecified atom stereocenters. The number of amides is 1. The number of piperidine rings is 1. The third-order valence-corrected chi connectivity index (χ3v) is 5.31. The van der Waals surface area contributed by atoms with Crippen LogP contribution < -0.4 is 10.1 Å². The summed E-state index contributed by atoms with van der Waals surface area (Å²) in [5.74, 6) is 0.855. The van der Waals surface area contributed by atoms with E-state index in [0.717, 1.165) is 48.9 Å². The van der Waals surface area contributed by atoms with Crippen LogP contribution in [0.25, 0.3) is 6.08 Å². The summed E-state index contributed by atoms with van der Waals surface area (Å²) >= 11 is 1.59. The number of ether oxygens (including phenoxy) is 1. The van der Waals surface area contributed by atoms with Crippen LogP contribution in [0.1, 0.15) is 29.1 Å². The van der Waals surface area contributed by atoms with E-state index in [-0.39, 0.29) is 11.9 Å². The molecule has 1 aliphatic heterocycles. The van der Waals surface area contributed by atoms with Crippen molar-refractivity contribution in [2.24, 2.45) is 0 Å². The summed E-state index contributed by atoms with van der Waals surface area (Å²) in [6.07, 6.45) is 5.30. The number of likely N-dealkylation sites (tertiary alicyclic amines) is 1. The minimum Gasteiger partial charge on any atom is -0.497 e. The van der Waals surface area contributed by atoms with Crippen LogP contribution in [0, 0.1) is 6.92 Å². The number of aromatic nitrogens is 1. The Morgan fingerprint density at radius 1 is 1.42 bits per heavy atom. The van der Waals surface area contributed by atoms with Crippen LogP contribution >= 0.6 is 11.3 Å². The predicted octanol–water partition coefficient (Wildman–Crippen LogP) is 3.25. The van der Waals surface area contributed by atoms with Gasteiger partial charge in [-0.25, -0.2) is 4.98 Å². The van der Waals surface area contributed by atoms with Crippen molar-refractivity contribution in [2.75, 3.05) is 20.2 Å². The van der Waals surface area contributed by atoms with Gasteiger partial charge in [0.1, 0.15) is 5.75 Å². The molecule has 6 heteroatoms. The Morgan fingerprint density at radius 3 is 2.92 bits per heavy atom. The zero-order chi connectivity index (χ0) is 18.4. The maximum absolute atomic E-state index is 12.1. The second-order valence-electron chi connectivity index (χ2n) is 6.54. The molecule has 0 bridgehead atoms. The molecule has 1 aromatic heterocycles. The van der Waals surface area contributed by atoms with Gasteiger partial charge in [-0.2, -0.15) is 0 Å². The molecule has 2 aromatic rings. The lowest BCUT2D eigenvalue weighted by molar-refractivity contribution is -0.117. The first kappa shape index (κ1) is 18.6. The molecule has 0 aliphatic carbocycles. The van der Waals surface area contributed by atoms with Crippen LogP contribution in [0.3, 0.4) is 0 Å². The highest BCUT2D eigenvalue weighted by molar-refractivity contribution is 7.09. The Kier molecular flexibility index (Phi) is 6.41. The lowest BCUT2D eigenvalue weighted by Crippen LogP contribution is -2.43. The number of hydrogen-bond donors (Lipinski definition) is 1. The summed E-state index contributed by atoms with van der Waals surface area (Å²) in [4.78, 5) is 18.8. The van der Waals surface area contributed by atoms with Crippen molar-refractivity contribution in [3.8, 4) is 5.75 Å². The molecular formula is C20H25N3O2S. The standard InChI is InChI=1S/C20H25N3O2S/c1-15-21-18(14-26-15)6-7-20(24)22-17-8-10-23(11-9-17)13-16-4-3-5-19(12-16)25-2/h3-7,12,14,17H,8-11,13H2,1-2H3,(H,22,24). The fourth-order valence-corrected chi connectivity index (χ4v) is 3.71. The molecule has 0 saturated carbocycles. The summed E-state index contributed by atoms with van der Waals surface area (Å²) in [7, 11) is 1.69. The van der Waals surface area contributed by atoms with Crippen molar-refractivity contribution in [1.29, 1.82) is 0 Å². The molecule has 1 aliphatic rings. The second-order valence-corrected chi connectivity index (χ2v) is 7.60. The van der Waals surface area contributed by atoms with Gasteiger partial charge < -0.3 is 10.1 Å². The Bertz CT molecular complexity index is 764. The lowest BCUT2D eigenvalue weighted by Gasteiger charge is -2.32. The molecule has 1 N–H and O–H groups in total. The molecule has 1 aromatic carbocycles. The summed E-state index contributed by atoms with van der Waals surface area (Å²) in [6, 6.07) is 8.44. The molecule has 1 fully saturated rings. The number of rotatable bonds is 6. The zero-order valence-electron chi connectivity index (χ0n) is 15.3. The van der Waals surface area contributed by atoms with Crippen LogP contribution in [-0.4, -0.2) is 42.0 Å². The van der Waals surface area contributed by atoms with Crippen molar-refractivity contribution < 1.29 is 9.53 Å². The maximum atomic E-state index is 12.1. The van der Waals surface area contributed by atoms with Crippen LogP contribution in [0.2, 0.25) is 0 Å². The topological polar surface area (TPSA) is 54.5 Å². The number of benzene rings is 1. The minimum absolute atomic E-state index is 0.0399. The highest BCUT2D eigenvalue weighted by Crippen LogP contribution is 2.17. The Morgan fingerprint density at radius 2 is 2.23 bits per heavy atom. The molecule has 5 nitrogen and oxygen atoms in total. The maximum Gasteiger partial charge on any atom is 0.244 e. The van der Waals surface area contributed by atoms with Gasteiger partial charge in [-0.1, -0.05) is 12.1 Å². The molecule has 3 rings (SSSR count). The van der Waals surface area contributed by atoms with Crippen molar-refractivity contribution in [3.63, 3.8) is 0 Å². The number of nitrogens with zero attached hydrogens (tertiary/aromatic N) is 2. The van der Waals surface area contributed by atoms with E-state index in [1.807, 2.05) is 24.4 Å². The fourth-order valence-electron chi connectivity index (χ4n) is 3.13. The van der Waals surface area contributed by atoms with E-state index in [1.165, 1.54) is 5.56 Å². The van der Waals surface area contributed by atoms with Gasteiger partial charge in [-0.3, -0.25) is 9.69 Å². The smallest absolute Gasteiger partial charge is 0.244 e. The Hall–Kier alpha value is -2.18. The first-order valence-corrected chi connectivity index (χ1v) is 9.76. The molecule has 0 radical (unpaired) electrons. The number of methoxy groups -OCH3 is 1. The normalized spacial score (nSPS) is 16.1. The van der Waals surface area contributed by atoms with Gasteiger partial charge in [0.25, 0.3) is 0 Å². The van der Waals surface area contributed by atoms with Crippen LogP contribution in [0.5, 0.6) is 5.75 Å². The highest BCUT2D eigenvalue weighted by Gasteiger charge is 2.20. The number of hydrogen-bond acceptors (Lipinski definition) is 5. The quantitative estimate of drug-likeness (QED) is 0.792. The first-order chi connectivity index (χ1) is 12.6. The van der Waals surface area contributed by atoms with Crippen LogP contribution in [0.15, 0.2) is 35.7 Å². The molecule has 138 valence electrons. The Balaban J connectivity index is 1.43. The fraction of sp³-hybridized carbons (Fsp3) is 0.400. The van der Waals surface area contributed by atoms with E-state index in [0.29, 0.717) is 0 Å². The summed E-state index contributed by atoms with van der Waals surface area (Å²) in [5.41, 5.74) is 2.10. The molecule has 2 heterocycles. The SMILES string of the molecule is COc1cccc(CN2CCC(NC(=O)C=Cc3csc(C)n3)CC2)c1. The number of nitrogens with one attached hydrogen (secondary N) is 1. The average Bonchev–Trinajstić information content (AvgIpc) is 3.07. The molecule has 1 saturated heterocycles. The molecular weight excluding hydrogens is 346 g/mol. The molecule has 26 heavy (non-hydrogen) atoms. The monoisotopic (exact) mass is 371 g/mol.